The Morgan fingerprint density at radius 1 is 1.37 bits per heavy atom. The van der Waals surface area contributed by atoms with Gasteiger partial charge in [0.1, 0.15) is 11.6 Å². The molecule has 1 heterocycles. The standard InChI is InChI=1S/C20H22ClFN4O/c1-20(2)8-14-18(15(27)9-20)16(17-12(21)6-5-7-13(17)22)11(10-23)19(24)26(14)25(3)4/h5-7,16H,8-9,24H2,1-4H3. The van der Waals surface area contributed by atoms with E-state index in [0.717, 1.165) is 0 Å². The van der Waals surface area contributed by atoms with E-state index in [2.05, 4.69) is 6.07 Å². The van der Waals surface area contributed by atoms with Gasteiger partial charge in [-0.3, -0.25) is 9.80 Å². The van der Waals surface area contributed by atoms with E-state index >= 15 is 0 Å². The molecule has 0 bridgehead atoms. The average Bonchev–Trinajstić information content (AvgIpc) is 2.52. The number of allylic oxidation sites excluding steroid dienone is 3. The molecule has 0 aromatic heterocycles. The fourth-order valence-electron chi connectivity index (χ4n) is 4.02. The highest BCUT2D eigenvalue weighted by atomic mass is 35.5. The van der Waals surface area contributed by atoms with Gasteiger partial charge < -0.3 is 5.73 Å². The van der Waals surface area contributed by atoms with Gasteiger partial charge in [0.2, 0.25) is 0 Å². The quantitative estimate of drug-likeness (QED) is 0.836. The van der Waals surface area contributed by atoms with Crippen molar-refractivity contribution < 1.29 is 9.18 Å². The van der Waals surface area contributed by atoms with E-state index < -0.39 is 11.7 Å². The second-order valence-electron chi connectivity index (χ2n) is 7.94. The molecule has 0 amide bonds. The molecular weight excluding hydrogens is 367 g/mol. The van der Waals surface area contributed by atoms with Crippen molar-refractivity contribution in [3.8, 4) is 6.07 Å². The monoisotopic (exact) mass is 388 g/mol. The van der Waals surface area contributed by atoms with Crippen LogP contribution in [0.1, 0.15) is 38.2 Å². The van der Waals surface area contributed by atoms with Gasteiger partial charge in [-0.15, -0.1) is 0 Å². The van der Waals surface area contributed by atoms with Crippen LogP contribution in [0.3, 0.4) is 0 Å². The molecule has 1 aromatic rings. The summed E-state index contributed by atoms with van der Waals surface area (Å²) < 4.78 is 14.8. The second kappa shape index (κ2) is 6.66. The van der Waals surface area contributed by atoms with Gasteiger partial charge in [0.15, 0.2) is 5.78 Å². The largest absolute Gasteiger partial charge is 0.383 e. The Labute approximate surface area is 163 Å². The highest BCUT2D eigenvalue weighted by Gasteiger charge is 2.46. The van der Waals surface area contributed by atoms with Gasteiger partial charge in [-0.05, 0) is 24.0 Å². The number of hydrazine groups is 1. The number of nitriles is 1. The minimum Gasteiger partial charge on any atom is -0.383 e. The maximum absolute atomic E-state index is 14.8. The van der Waals surface area contributed by atoms with Crippen LogP contribution in [0.5, 0.6) is 0 Å². The van der Waals surface area contributed by atoms with Crippen LogP contribution >= 0.6 is 11.6 Å². The zero-order chi connectivity index (χ0) is 20.1. The summed E-state index contributed by atoms with van der Waals surface area (Å²) >= 11 is 6.30. The summed E-state index contributed by atoms with van der Waals surface area (Å²) in [6, 6.07) is 6.42. The van der Waals surface area contributed by atoms with E-state index in [1.165, 1.54) is 12.1 Å². The smallest absolute Gasteiger partial charge is 0.162 e. The molecule has 0 saturated heterocycles. The van der Waals surface area contributed by atoms with Gasteiger partial charge in [-0.1, -0.05) is 31.5 Å². The van der Waals surface area contributed by atoms with Gasteiger partial charge in [0.05, 0.1) is 17.6 Å². The first-order valence-corrected chi connectivity index (χ1v) is 9.04. The Kier molecular flexibility index (Phi) is 4.79. The third kappa shape index (κ3) is 3.11. The molecule has 1 aromatic carbocycles. The SMILES string of the molecule is CN(C)N1C(N)=C(C#N)C(c2c(F)cccc2Cl)C2=C1CC(C)(C)CC2=O. The first kappa shape index (κ1) is 19.4. The Balaban J connectivity index is 2.36. The molecule has 2 N–H and O–H groups in total. The van der Waals surface area contributed by atoms with Gasteiger partial charge in [-0.2, -0.15) is 5.26 Å². The number of carbonyl (C=O) groups is 1. The van der Waals surface area contributed by atoms with Crippen molar-refractivity contribution in [2.75, 3.05) is 14.1 Å². The second-order valence-corrected chi connectivity index (χ2v) is 8.35. The summed E-state index contributed by atoms with van der Waals surface area (Å²) in [5.41, 5.74) is 7.42. The Hall–Kier alpha value is -2.36. The third-order valence-electron chi connectivity index (χ3n) is 5.04. The van der Waals surface area contributed by atoms with Crippen molar-refractivity contribution in [2.45, 2.75) is 32.6 Å². The Morgan fingerprint density at radius 2 is 2.04 bits per heavy atom. The van der Waals surface area contributed by atoms with Crippen molar-refractivity contribution in [2.24, 2.45) is 11.1 Å². The van der Waals surface area contributed by atoms with Gasteiger partial charge in [-0.25, -0.2) is 9.40 Å². The molecule has 0 spiro atoms. The lowest BCUT2D eigenvalue weighted by Gasteiger charge is -2.45. The van der Waals surface area contributed by atoms with Crippen LogP contribution in [0.4, 0.5) is 4.39 Å². The van der Waals surface area contributed by atoms with E-state index in [1.54, 1.807) is 30.2 Å². The molecule has 0 fully saturated rings. The minimum atomic E-state index is -0.904. The predicted octanol–water partition coefficient (Wildman–Crippen LogP) is 3.69. The maximum atomic E-state index is 14.8. The van der Waals surface area contributed by atoms with Crippen LogP contribution in [-0.4, -0.2) is 29.9 Å². The topological polar surface area (TPSA) is 73.4 Å². The molecule has 1 aliphatic carbocycles. The molecule has 0 saturated carbocycles. The molecule has 5 nitrogen and oxygen atoms in total. The molecule has 1 unspecified atom stereocenters. The molecule has 142 valence electrons. The number of halogens is 2. The third-order valence-corrected chi connectivity index (χ3v) is 5.37. The lowest BCUT2D eigenvalue weighted by Crippen LogP contribution is -2.47. The number of benzene rings is 1. The normalized spacial score (nSPS) is 22.2. The maximum Gasteiger partial charge on any atom is 0.162 e. The molecule has 7 heteroatoms. The molecule has 3 rings (SSSR count). The molecule has 27 heavy (non-hydrogen) atoms. The predicted molar refractivity (Wildman–Crippen MR) is 102 cm³/mol. The number of Topliss-reactive ketones (excluding diaryl/α,β-unsaturated/α-hetero) is 1. The number of rotatable bonds is 2. The number of nitrogens with two attached hydrogens (primary N) is 1. The summed E-state index contributed by atoms with van der Waals surface area (Å²) in [7, 11) is 3.57. The highest BCUT2D eigenvalue weighted by molar-refractivity contribution is 6.31. The molecule has 0 radical (unpaired) electrons. The van der Waals surface area contributed by atoms with Crippen LogP contribution in [0, 0.1) is 22.6 Å². The van der Waals surface area contributed by atoms with Gasteiger partial charge >= 0.3 is 0 Å². The van der Waals surface area contributed by atoms with Crippen molar-refractivity contribution in [3.63, 3.8) is 0 Å². The molecule has 2 aliphatic rings. The Bertz CT molecular complexity index is 906. The number of nitrogens with zero attached hydrogens (tertiary/aromatic N) is 3. The Morgan fingerprint density at radius 3 is 2.59 bits per heavy atom. The van der Waals surface area contributed by atoms with E-state index in [9.17, 15) is 14.4 Å². The van der Waals surface area contributed by atoms with Gasteiger partial charge in [0.25, 0.3) is 0 Å². The summed E-state index contributed by atoms with van der Waals surface area (Å²) in [6.45, 7) is 4.01. The fraction of sp³-hybridized carbons (Fsp3) is 0.400. The minimum absolute atomic E-state index is 0.113. The van der Waals surface area contributed by atoms with Crippen molar-refractivity contribution >= 4 is 17.4 Å². The molecular formula is C20H22ClFN4O. The van der Waals surface area contributed by atoms with Crippen LogP contribution < -0.4 is 5.73 Å². The lowest BCUT2D eigenvalue weighted by atomic mass is 9.69. The van der Waals surface area contributed by atoms with E-state index in [4.69, 9.17) is 17.3 Å². The van der Waals surface area contributed by atoms with Crippen LogP contribution in [0.15, 0.2) is 40.9 Å². The zero-order valence-corrected chi connectivity index (χ0v) is 16.6. The van der Waals surface area contributed by atoms with E-state index in [0.29, 0.717) is 24.1 Å². The van der Waals surface area contributed by atoms with Crippen LogP contribution in [0.25, 0.3) is 0 Å². The number of hydrogen-bond acceptors (Lipinski definition) is 5. The van der Waals surface area contributed by atoms with E-state index in [1.807, 2.05) is 13.8 Å². The summed E-state index contributed by atoms with van der Waals surface area (Å²) in [4.78, 5) is 13.1. The van der Waals surface area contributed by atoms with Crippen molar-refractivity contribution in [1.29, 1.82) is 5.26 Å². The van der Waals surface area contributed by atoms with Crippen molar-refractivity contribution in [1.82, 2.24) is 10.0 Å². The zero-order valence-electron chi connectivity index (χ0n) is 15.8. The van der Waals surface area contributed by atoms with Crippen LogP contribution in [-0.2, 0) is 4.79 Å². The highest BCUT2D eigenvalue weighted by Crippen LogP contribution is 2.50. The fourth-order valence-corrected chi connectivity index (χ4v) is 4.30. The average molecular weight is 389 g/mol. The molecule has 1 aliphatic heterocycles. The first-order valence-electron chi connectivity index (χ1n) is 8.66. The first-order chi connectivity index (χ1) is 12.6. The summed E-state index contributed by atoms with van der Waals surface area (Å²) in [5.74, 6) is -1.39. The van der Waals surface area contributed by atoms with E-state index in [-0.39, 0.29) is 33.2 Å². The van der Waals surface area contributed by atoms with Crippen molar-refractivity contribution in [3.05, 3.63) is 57.3 Å². The lowest BCUT2D eigenvalue weighted by molar-refractivity contribution is -0.119. The number of ketones is 1. The molecule has 1 atom stereocenters. The summed E-state index contributed by atoms with van der Waals surface area (Å²) in [5, 5.41) is 13.4. The van der Waals surface area contributed by atoms with Gasteiger partial charge in [0, 0.05) is 42.4 Å². The number of carbonyl (C=O) groups excluding carboxylic acids is 1. The number of hydrogen-bond donors (Lipinski definition) is 1. The van der Waals surface area contributed by atoms with Crippen LogP contribution in [0.2, 0.25) is 5.02 Å². The summed E-state index contributed by atoms with van der Waals surface area (Å²) in [6.07, 6.45) is 0.891.